The molecule has 3 rings (SSSR count). The average molecular weight is 499 g/mol. The monoisotopic (exact) mass is 498 g/mol. The van der Waals surface area contributed by atoms with E-state index in [4.69, 9.17) is 0 Å². The van der Waals surface area contributed by atoms with Crippen molar-refractivity contribution in [3.05, 3.63) is 46.7 Å². The summed E-state index contributed by atoms with van der Waals surface area (Å²) in [5.41, 5.74) is 0.149. The molecule has 0 aliphatic carbocycles. The van der Waals surface area contributed by atoms with Crippen LogP contribution in [0, 0.1) is 0 Å². The number of alkyl halides is 3. The number of methoxy groups -OCH3 is 1. The lowest BCUT2D eigenvalue weighted by atomic mass is 10.1. The van der Waals surface area contributed by atoms with Crippen molar-refractivity contribution in [1.29, 1.82) is 0 Å². The molecule has 0 unspecified atom stereocenters. The zero-order valence-corrected chi connectivity index (χ0v) is 18.0. The molecule has 1 amide bonds. The minimum Gasteiger partial charge on any atom is -0.453 e. The summed E-state index contributed by atoms with van der Waals surface area (Å²) in [6.07, 6.45) is -3.39. The van der Waals surface area contributed by atoms with Crippen LogP contribution in [0.5, 0.6) is 0 Å². The summed E-state index contributed by atoms with van der Waals surface area (Å²) in [4.78, 5) is 27.2. The van der Waals surface area contributed by atoms with Crippen LogP contribution in [0.15, 0.2) is 41.1 Å². The van der Waals surface area contributed by atoms with Crippen molar-refractivity contribution in [2.45, 2.75) is 19.1 Å². The number of nitrogens with one attached hydrogen (secondary N) is 3. The number of amides is 1. The summed E-state index contributed by atoms with van der Waals surface area (Å²) in [5, 5.41) is 5.71. The number of ether oxygens (including phenoxy) is 1. The van der Waals surface area contributed by atoms with Gasteiger partial charge in [0.05, 0.1) is 12.7 Å². The van der Waals surface area contributed by atoms with Gasteiger partial charge in [-0.05, 0) is 41.1 Å². The van der Waals surface area contributed by atoms with E-state index in [1.54, 1.807) is 19.2 Å². The molecule has 1 atom stereocenters. The van der Waals surface area contributed by atoms with E-state index in [9.17, 15) is 18.0 Å². The molecule has 2 heterocycles. The average Bonchev–Trinajstić information content (AvgIpc) is 3.13. The molecule has 12 heteroatoms. The molecule has 1 aromatic carbocycles. The highest BCUT2D eigenvalue weighted by Gasteiger charge is 2.30. The Hall–Kier alpha value is -3.15. The molecule has 0 bridgehead atoms. The maximum atomic E-state index is 12.8. The summed E-state index contributed by atoms with van der Waals surface area (Å²) in [7, 11) is 1.28. The molecule has 31 heavy (non-hydrogen) atoms. The molecule has 0 fully saturated rings. The van der Waals surface area contributed by atoms with Gasteiger partial charge in [-0.25, -0.2) is 19.7 Å². The summed E-state index contributed by atoms with van der Waals surface area (Å²) in [6.45, 7) is 2.19. The number of hydrogen-bond acceptors (Lipinski definition) is 6. The smallest absolute Gasteiger partial charge is 0.416 e. The summed E-state index contributed by atoms with van der Waals surface area (Å²) < 4.78 is 43.3. The fourth-order valence-electron chi connectivity index (χ4n) is 2.59. The number of carbonyl (C=O) groups is 1. The second kappa shape index (κ2) is 9.33. The highest BCUT2D eigenvalue weighted by atomic mass is 79.9. The number of anilines is 1. The molecule has 164 valence electrons. The van der Waals surface area contributed by atoms with E-state index < -0.39 is 17.8 Å². The summed E-state index contributed by atoms with van der Waals surface area (Å²) >= 11 is 3.36. The molecule has 3 N–H and O–H groups in total. The van der Waals surface area contributed by atoms with Crippen LogP contribution in [0.25, 0.3) is 22.9 Å². The second-order valence-electron chi connectivity index (χ2n) is 6.51. The molecule has 0 aliphatic rings. The van der Waals surface area contributed by atoms with Crippen molar-refractivity contribution in [2.24, 2.45) is 0 Å². The van der Waals surface area contributed by atoms with E-state index in [1.807, 2.05) is 0 Å². The van der Waals surface area contributed by atoms with Crippen molar-refractivity contribution in [1.82, 2.24) is 25.3 Å². The molecule has 0 radical (unpaired) electrons. The van der Waals surface area contributed by atoms with E-state index >= 15 is 0 Å². The molecule has 8 nitrogen and oxygen atoms in total. The van der Waals surface area contributed by atoms with Crippen LogP contribution < -0.4 is 10.6 Å². The van der Waals surface area contributed by atoms with Crippen molar-refractivity contribution < 1.29 is 22.7 Å². The third kappa shape index (κ3) is 5.72. The lowest BCUT2D eigenvalue weighted by molar-refractivity contribution is -0.137. The van der Waals surface area contributed by atoms with Gasteiger partial charge in [0, 0.05) is 24.3 Å². The minimum absolute atomic E-state index is 0.214. The SMILES string of the molecule is COC(=O)N[C@@H](C)CNc1ccnc(-c2nc(-c3ccc(C(F)(F)F)cc3)[nH]c2Br)n1. The van der Waals surface area contributed by atoms with Gasteiger partial charge >= 0.3 is 12.3 Å². The van der Waals surface area contributed by atoms with Crippen molar-refractivity contribution in [3.63, 3.8) is 0 Å². The number of carbonyl (C=O) groups excluding carboxylic acids is 1. The zero-order valence-electron chi connectivity index (χ0n) is 16.4. The topological polar surface area (TPSA) is 105 Å². The lowest BCUT2D eigenvalue weighted by Crippen LogP contribution is -2.37. The molecule has 3 aromatic rings. The van der Waals surface area contributed by atoms with E-state index in [2.05, 4.69) is 51.2 Å². The van der Waals surface area contributed by atoms with Gasteiger partial charge in [0.2, 0.25) is 0 Å². The number of aromatic nitrogens is 4. The van der Waals surface area contributed by atoms with Gasteiger partial charge in [0.15, 0.2) is 5.82 Å². The van der Waals surface area contributed by atoms with Gasteiger partial charge in [-0.15, -0.1) is 0 Å². The number of alkyl carbamates (subject to hydrolysis) is 1. The van der Waals surface area contributed by atoms with Crippen LogP contribution in [-0.4, -0.2) is 45.7 Å². The predicted molar refractivity (Wildman–Crippen MR) is 111 cm³/mol. The number of benzene rings is 1. The Kier molecular flexibility index (Phi) is 6.78. The number of aromatic amines is 1. The van der Waals surface area contributed by atoms with Gasteiger partial charge in [0.1, 0.15) is 21.9 Å². The Labute approximate surface area is 183 Å². The largest absolute Gasteiger partial charge is 0.453 e. The standard InChI is InChI=1S/C19H18BrF3N6O2/c1-10(26-18(30)31-2)9-25-13-7-8-24-17(27-13)14-15(20)29-16(28-14)11-3-5-12(6-4-11)19(21,22)23/h3-8,10H,9H2,1-2H3,(H,26,30)(H,28,29)(H,24,25,27)/t10-/m0/s1. The van der Waals surface area contributed by atoms with Crippen LogP contribution in [-0.2, 0) is 10.9 Å². The fourth-order valence-corrected chi connectivity index (χ4v) is 3.05. The molecular weight excluding hydrogens is 481 g/mol. The van der Waals surface area contributed by atoms with Crippen molar-refractivity contribution >= 4 is 27.8 Å². The first-order valence-corrected chi connectivity index (χ1v) is 9.81. The first kappa shape index (κ1) is 22.5. The second-order valence-corrected chi connectivity index (χ2v) is 7.30. The molecule has 0 saturated heterocycles. The summed E-state index contributed by atoms with van der Waals surface area (Å²) in [5.74, 6) is 1.18. The van der Waals surface area contributed by atoms with E-state index in [0.717, 1.165) is 12.1 Å². The van der Waals surface area contributed by atoms with Crippen LogP contribution in [0.1, 0.15) is 12.5 Å². The number of halogens is 4. The van der Waals surface area contributed by atoms with Gasteiger partial charge in [-0.3, -0.25) is 0 Å². The number of rotatable bonds is 6. The number of nitrogens with zero attached hydrogens (tertiary/aromatic N) is 3. The predicted octanol–water partition coefficient (Wildman–Crippen LogP) is 4.47. The Morgan fingerprint density at radius 3 is 2.58 bits per heavy atom. The number of imidazole rings is 1. The molecule has 0 spiro atoms. The van der Waals surface area contributed by atoms with Crippen LogP contribution in [0.2, 0.25) is 0 Å². The normalized spacial score (nSPS) is 12.3. The van der Waals surface area contributed by atoms with Gasteiger partial charge in [-0.1, -0.05) is 12.1 Å². The molecule has 0 aliphatic heterocycles. The Morgan fingerprint density at radius 1 is 1.23 bits per heavy atom. The quantitative estimate of drug-likeness (QED) is 0.463. The van der Waals surface area contributed by atoms with Gasteiger partial charge < -0.3 is 20.4 Å². The zero-order chi connectivity index (χ0) is 22.6. The Bertz CT molecular complexity index is 1060. The van der Waals surface area contributed by atoms with Crippen LogP contribution in [0.3, 0.4) is 0 Å². The first-order valence-electron chi connectivity index (χ1n) is 9.02. The summed E-state index contributed by atoms with van der Waals surface area (Å²) in [6, 6.07) is 6.12. The van der Waals surface area contributed by atoms with Crippen molar-refractivity contribution in [3.8, 4) is 22.9 Å². The highest BCUT2D eigenvalue weighted by Crippen LogP contribution is 2.32. The Morgan fingerprint density at radius 2 is 1.94 bits per heavy atom. The first-order chi connectivity index (χ1) is 14.7. The van der Waals surface area contributed by atoms with Crippen molar-refractivity contribution in [2.75, 3.05) is 19.0 Å². The van der Waals surface area contributed by atoms with Gasteiger partial charge in [-0.2, -0.15) is 13.2 Å². The van der Waals surface area contributed by atoms with E-state index in [-0.39, 0.29) is 6.04 Å². The van der Waals surface area contributed by atoms with Crippen LogP contribution >= 0.6 is 15.9 Å². The molecule has 0 saturated carbocycles. The lowest BCUT2D eigenvalue weighted by Gasteiger charge is -2.14. The molecular formula is C19H18BrF3N6O2. The third-order valence-corrected chi connectivity index (χ3v) is 4.73. The third-order valence-electron chi connectivity index (χ3n) is 4.15. The molecule has 2 aromatic heterocycles. The number of H-pyrrole nitrogens is 1. The van der Waals surface area contributed by atoms with Crippen LogP contribution in [0.4, 0.5) is 23.8 Å². The number of hydrogen-bond donors (Lipinski definition) is 3. The van der Waals surface area contributed by atoms with E-state index in [0.29, 0.717) is 39.9 Å². The van der Waals surface area contributed by atoms with Gasteiger partial charge in [0.25, 0.3) is 0 Å². The van der Waals surface area contributed by atoms with E-state index in [1.165, 1.54) is 19.2 Å². The minimum atomic E-state index is -4.40. The maximum absolute atomic E-state index is 12.8. The fraction of sp³-hybridized carbons (Fsp3) is 0.263. The highest BCUT2D eigenvalue weighted by molar-refractivity contribution is 9.10. The Balaban J connectivity index is 1.76. The maximum Gasteiger partial charge on any atom is 0.416 e.